The predicted molar refractivity (Wildman–Crippen MR) is 183 cm³/mol. The molecule has 0 bridgehead atoms. The van der Waals surface area contributed by atoms with E-state index in [9.17, 15) is 18.0 Å². The van der Waals surface area contributed by atoms with Crippen LogP contribution in [0, 0.1) is 13.8 Å². The second-order valence-electron chi connectivity index (χ2n) is 12.0. The van der Waals surface area contributed by atoms with Crippen LogP contribution in [0.2, 0.25) is 10.0 Å². The van der Waals surface area contributed by atoms with E-state index in [1.165, 1.54) is 10.6 Å². The first-order valence-corrected chi connectivity index (χ1v) is 18.2. The van der Waals surface area contributed by atoms with Crippen LogP contribution in [-0.2, 0) is 32.6 Å². The molecule has 2 amide bonds. The summed E-state index contributed by atoms with van der Waals surface area (Å²) in [6.45, 7) is 4.12. The number of hydrogen-bond acceptors (Lipinski definition) is 4. The second-order valence-corrected chi connectivity index (χ2v) is 14.7. The van der Waals surface area contributed by atoms with Crippen molar-refractivity contribution in [3.63, 3.8) is 0 Å². The van der Waals surface area contributed by atoms with E-state index < -0.39 is 16.1 Å². The Morgan fingerprint density at radius 3 is 2.29 bits per heavy atom. The van der Waals surface area contributed by atoms with Crippen molar-refractivity contribution in [1.29, 1.82) is 0 Å². The van der Waals surface area contributed by atoms with E-state index in [4.69, 9.17) is 23.2 Å². The Balaban J connectivity index is 1.62. The highest BCUT2D eigenvalue weighted by atomic mass is 35.5. The van der Waals surface area contributed by atoms with Gasteiger partial charge >= 0.3 is 0 Å². The van der Waals surface area contributed by atoms with Crippen molar-refractivity contribution in [2.45, 2.75) is 83.8 Å². The average Bonchev–Trinajstić information content (AvgIpc) is 3.01. The molecule has 3 aromatic rings. The number of carbonyl (C=O) groups excluding carboxylic acids is 2. The normalized spacial score (nSPS) is 14.5. The van der Waals surface area contributed by atoms with Crippen molar-refractivity contribution in [2.24, 2.45) is 0 Å². The third-order valence-corrected chi connectivity index (χ3v) is 10.5. The van der Waals surface area contributed by atoms with E-state index in [0.29, 0.717) is 22.2 Å². The highest BCUT2D eigenvalue weighted by Gasteiger charge is 2.32. The molecule has 1 aliphatic carbocycles. The Bertz CT molecular complexity index is 1580. The smallest absolute Gasteiger partial charge is 0.243 e. The molecule has 4 rings (SSSR count). The van der Waals surface area contributed by atoms with Crippen LogP contribution in [0.15, 0.2) is 66.7 Å². The van der Waals surface area contributed by atoms with Gasteiger partial charge in [-0.15, -0.1) is 0 Å². The molecule has 1 N–H and O–H groups in total. The van der Waals surface area contributed by atoms with Crippen molar-refractivity contribution in [2.75, 3.05) is 17.1 Å². The Kier molecular flexibility index (Phi) is 12.3. The number of amides is 2. The summed E-state index contributed by atoms with van der Waals surface area (Å²) >= 11 is 12.5. The summed E-state index contributed by atoms with van der Waals surface area (Å²) in [6.07, 6.45) is 6.99. The maximum atomic E-state index is 14.1. The molecule has 0 radical (unpaired) electrons. The van der Waals surface area contributed by atoms with Gasteiger partial charge < -0.3 is 10.2 Å². The lowest BCUT2D eigenvalue weighted by Gasteiger charge is -2.34. The summed E-state index contributed by atoms with van der Waals surface area (Å²) in [5.41, 5.74) is 4.14. The zero-order valence-corrected chi connectivity index (χ0v) is 28.6. The van der Waals surface area contributed by atoms with E-state index in [1.54, 1.807) is 29.2 Å². The first-order chi connectivity index (χ1) is 21.4. The molecule has 1 atom stereocenters. The minimum Gasteiger partial charge on any atom is -0.352 e. The zero-order valence-electron chi connectivity index (χ0n) is 26.3. The zero-order chi connectivity index (χ0) is 32.6. The van der Waals surface area contributed by atoms with Crippen LogP contribution in [0.1, 0.15) is 67.2 Å². The van der Waals surface area contributed by atoms with E-state index >= 15 is 0 Å². The highest BCUT2D eigenvalue weighted by molar-refractivity contribution is 7.92. The Hall–Kier alpha value is -3.07. The molecule has 1 fully saturated rings. The van der Waals surface area contributed by atoms with Gasteiger partial charge in [-0.1, -0.05) is 91.0 Å². The van der Waals surface area contributed by atoms with Gasteiger partial charge in [-0.3, -0.25) is 13.9 Å². The van der Waals surface area contributed by atoms with Gasteiger partial charge in [0.15, 0.2) is 0 Å². The Morgan fingerprint density at radius 2 is 1.62 bits per heavy atom. The quantitative estimate of drug-likeness (QED) is 0.207. The van der Waals surface area contributed by atoms with Gasteiger partial charge in [0.25, 0.3) is 0 Å². The molecular formula is C35H43Cl2N3O4S. The lowest BCUT2D eigenvalue weighted by Crippen LogP contribution is -2.53. The van der Waals surface area contributed by atoms with Crippen molar-refractivity contribution in [3.05, 3.63) is 99.0 Å². The maximum absolute atomic E-state index is 14.1. The molecule has 0 aromatic heterocycles. The van der Waals surface area contributed by atoms with Crippen LogP contribution in [-0.4, -0.2) is 50.0 Å². The third kappa shape index (κ3) is 9.71. The number of aryl methyl sites for hydroxylation is 1. The molecule has 0 spiro atoms. The summed E-state index contributed by atoms with van der Waals surface area (Å²) in [7, 11) is -3.60. The fraction of sp³-hybridized carbons (Fsp3) is 0.429. The number of sulfonamides is 1. The van der Waals surface area contributed by atoms with E-state index in [-0.39, 0.29) is 43.8 Å². The molecule has 0 heterocycles. The fourth-order valence-corrected chi connectivity index (χ4v) is 7.26. The molecule has 45 heavy (non-hydrogen) atoms. The molecule has 0 aliphatic heterocycles. The van der Waals surface area contributed by atoms with Gasteiger partial charge in [-0.25, -0.2) is 8.42 Å². The van der Waals surface area contributed by atoms with Crippen LogP contribution >= 0.6 is 23.2 Å². The van der Waals surface area contributed by atoms with E-state index in [0.717, 1.165) is 54.4 Å². The molecule has 0 unspecified atom stereocenters. The molecule has 7 nitrogen and oxygen atoms in total. The molecular weight excluding hydrogens is 629 g/mol. The van der Waals surface area contributed by atoms with Crippen LogP contribution in [0.25, 0.3) is 0 Å². The molecule has 0 saturated heterocycles. The molecule has 1 saturated carbocycles. The second kappa shape index (κ2) is 16.0. The Labute approximate surface area is 278 Å². The van der Waals surface area contributed by atoms with Gasteiger partial charge in [0, 0.05) is 32.0 Å². The number of carbonyl (C=O) groups is 2. The number of benzene rings is 3. The van der Waals surface area contributed by atoms with Crippen molar-refractivity contribution in [1.82, 2.24) is 10.2 Å². The third-order valence-electron chi connectivity index (χ3n) is 8.56. The Morgan fingerprint density at radius 1 is 0.911 bits per heavy atom. The molecule has 3 aromatic carbocycles. The van der Waals surface area contributed by atoms with Crippen LogP contribution in [0.5, 0.6) is 0 Å². The van der Waals surface area contributed by atoms with Gasteiger partial charge in [-0.2, -0.15) is 0 Å². The molecule has 10 heteroatoms. The van der Waals surface area contributed by atoms with Gasteiger partial charge in [0.1, 0.15) is 6.04 Å². The fourth-order valence-electron chi connectivity index (χ4n) is 5.92. The maximum Gasteiger partial charge on any atom is 0.243 e. The number of anilines is 1. The first-order valence-electron chi connectivity index (χ1n) is 15.6. The summed E-state index contributed by atoms with van der Waals surface area (Å²) in [6, 6.07) is 19.7. The minimum absolute atomic E-state index is 0.0558. The largest absolute Gasteiger partial charge is 0.352 e. The van der Waals surface area contributed by atoms with Crippen molar-refractivity contribution >= 4 is 50.7 Å². The van der Waals surface area contributed by atoms with Crippen molar-refractivity contribution in [3.8, 4) is 0 Å². The number of halogens is 2. The van der Waals surface area contributed by atoms with E-state index in [1.807, 2.05) is 56.3 Å². The lowest BCUT2D eigenvalue weighted by molar-refractivity contribution is -0.141. The highest BCUT2D eigenvalue weighted by Crippen LogP contribution is 2.27. The summed E-state index contributed by atoms with van der Waals surface area (Å²) in [5.74, 6) is -0.428. The topological polar surface area (TPSA) is 86.8 Å². The SMILES string of the molecule is Cc1cccc(N(CCCC(=O)N(Cc2ccc(Cl)c(Cl)c2)[C@H](Cc2ccccc2)C(=O)NC2CCCCC2)S(C)(=O)=O)c1C. The van der Waals surface area contributed by atoms with Gasteiger partial charge in [-0.05, 0) is 73.6 Å². The number of nitrogens with one attached hydrogen (secondary N) is 1. The van der Waals surface area contributed by atoms with Crippen molar-refractivity contribution < 1.29 is 18.0 Å². The van der Waals surface area contributed by atoms with Crippen LogP contribution < -0.4 is 9.62 Å². The molecule has 242 valence electrons. The predicted octanol–water partition coefficient (Wildman–Crippen LogP) is 7.25. The minimum atomic E-state index is -3.60. The summed E-state index contributed by atoms with van der Waals surface area (Å²) in [4.78, 5) is 29.8. The molecule has 1 aliphatic rings. The standard InChI is InChI=1S/C35H43Cl2N3O4S/c1-25-12-10-17-32(26(25)2)40(45(3,43)44)21-11-18-34(41)39(24-28-19-20-30(36)31(37)22-28)33(23-27-13-6-4-7-14-27)35(42)38-29-15-8-5-9-16-29/h4,6-7,10,12-14,17,19-20,22,29,33H,5,8-9,11,15-16,18,21,23-24H2,1-3H3,(H,38,42)/t33-/m1/s1. The van der Waals surface area contributed by atoms with Gasteiger partial charge in [0.2, 0.25) is 21.8 Å². The van der Waals surface area contributed by atoms with Crippen LogP contribution in [0.3, 0.4) is 0 Å². The summed E-state index contributed by atoms with van der Waals surface area (Å²) in [5, 5.41) is 4.01. The monoisotopic (exact) mass is 671 g/mol. The number of rotatable bonds is 13. The first kappa shape index (κ1) is 34.8. The summed E-state index contributed by atoms with van der Waals surface area (Å²) < 4.78 is 27.1. The average molecular weight is 673 g/mol. The number of hydrogen-bond donors (Lipinski definition) is 1. The van der Waals surface area contributed by atoms with Gasteiger partial charge in [0.05, 0.1) is 22.0 Å². The lowest BCUT2D eigenvalue weighted by atomic mass is 9.94. The number of nitrogens with zero attached hydrogens (tertiary/aromatic N) is 2. The van der Waals surface area contributed by atoms with E-state index in [2.05, 4.69) is 5.32 Å². The van der Waals surface area contributed by atoms with Crippen LogP contribution in [0.4, 0.5) is 5.69 Å².